The van der Waals surface area contributed by atoms with Crippen molar-refractivity contribution < 1.29 is 9.90 Å². The molecule has 0 radical (unpaired) electrons. The molecular formula is C13H17NO2. The molecule has 1 aliphatic heterocycles. The molecule has 0 aliphatic carbocycles. The smallest absolute Gasteiger partial charge is 0.229 e. The molecule has 1 N–H and O–H groups in total. The molecule has 2 rings (SSSR count). The monoisotopic (exact) mass is 219 g/mol. The van der Waals surface area contributed by atoms with Gasteiger partial charge in [0.2, 0.25) is 5.91 Å². The van der Waals surface area contributed by atoms with Gasteiger partial charge in [-0.1, -0.05) is 6.07 Å². The summed E-state index contributed by atoms with van der Waals surface area (Å²) in [6.07, 6.45) is 0.445. The number of carbonyl (C=O) groups excluding carboxylic acids is 1. The summed E-state index contributed by atoms with van der Waals surface area (Å²) in [4.78, 5) is 13.6. The molecule has 0 saturated carbocycles. The van der Waals surface area contributed by atoms with Gasteiger partial charge in [0.1, 0.15) is 0 Å². The van der Waals surface area contributed by atoms with Gasteiger partial charge in [0, 0.05) is 12.2 Å². The third kappa shape index (κ3) is 2.25. The summed E-state index contributed by atoms with van der Waals surface area (Å²) >= 11 is 0. The maximum atomic E-state index is 11.8. The molecule has 3 heteroatoms. The number of amides is 1. The van der Waals surface area contributed by atoms with Crippen LogP contribution >= 0.6 is 0 Å². The van der Waals surface area contributed by atoms with Gasteiger partial charge in [-0.15, -0.1) is 0 Å². The van der Waals surface area contributed by atoms with Crippen molar-refractivity contribution in [3.05, 3.63) is 29.3 Å². The number of piperidine rings is 1. The highest BCUT2D eigenvalue weighted by Crippen LogP contribution is 2.23. The third-order valence-electron chi connectivity index (χ3n) is 2.92. The lowest BCUT2D eigenvalue weighted by atomic mass is 10.0. The number of aliphatic hydroxyl groups is 1. The van der Waals surface area contributed by atoms with Gasteiger partial charge in [-0.25, -0.2) is 0 Å². The summed E-state index contributed by atoms with van der Waals surface area (Å²) in [6.45, 7) is 4.67. The number of carbonyl (C=O) groups is 1. The molecule has 1 aliphatic rings. The summed E-state index contributed by atoms with van der Waals surface area (Å²) in [7, 11) is 0. The van der Waals surface area contributed by atoms with Crippen LogP contribution < -0.4 is 4.90 Å². The predicted octanol–water partition coefficient (Wildman–Crippen LogP) is 1.79. The van der Waals surface area contributed by atoms with E-state index in [0.717, 1.165) is 16.8 Å². The van der Waals surface area contributed by atoms with Gasteiger partial charge < -0.3 is 10.0 Å². The lowest BCUT2D eigenvalue weighted by Crippen LogP contribution is -2.40. The Balaban J connectivity index is 2.26. The van der Waals surface area contributed by atoms with E-state index in [1.807, 2.05) is 26.0 Å². The molecule has 1 aromatic carbocycles. The molecule has 1 aromatic rings. The van der Waals surface area contributed by atoms with E-state index in [0.29, 0.717) is 13.0 Å². The van der Waals surface area contributed by atoms with E-state index in [9.17, 15) is 9.90 Å². The van der Waals surface area contributed by atoms with Crippen LogP contribution in [0.2, 0.25) is 0 Å². The molecule has 0 aromatic heterocycles. The molecule has 3 nitrogen and oxygen atoms in total. The van der Waals surface area contributed by atoms with Gasteiger partial charge in [0.25, 0.3) is 0 Å². The van der Waals surface area contributed by atoms with Gasteiger partial charge in [0.15, 0.2) is 0 Å². The van der Waals surface area contributed by atoms with E-state index >= 15 is 0 Å². The van der Waals surface area contributed by atoms with E-state index in [1.165, 1.54) is 0 Å². The van der Waals surface area contributed by atoms with Crippen molar-refractivity contribution in [1.82, 2.24) is 0 Å². The van der Waals surface area contributed by atoms with Gasteiger partial charge in [-0.2, -0.15) is 0 Å². The minimum absolute atomic E-state index is 0.0174. The quantitative estimate of drug-likeness (QED) is 0.782. The molecule has 0 spiro atoms. The maximum absolute atomic E-state index is 11.8. The average Bonchev–Trinajstić information content (AvgIpc) is 2.15. The van der Waals surface area contributed by atoms with Crippen LogP contribution in [0.1, 0.15) is 24.0 Å². The second-order valence-electron chi connectivity index (χ2n) is 4.54. The Labute approximate surface area is 95.7 Å². The Kier molecular flexibility index (Phi) is 2.97. The minimum Gasteiger partial charge on any atom is -0.393 e. The Hall–Kier alpha value is -1.35. The number of rotatable bonds is 1. The summed E-state index contributed by atoms with van der Waals surface area (Å²) in [5.41, 5.74) is 3.28. The number of aryl methyl sites for hydroxylation is 2. The first-order valence-electron chi connectivity index (χ1n) is 5.63. The summed E-state index contributed by atoms with van der Waals surface area (Å²) in [5.74, 6) is 0.0174. The van der Waals surface area contributed by atoms with Gasteiger partial charge in [-0.05, 0) is 43.5 Å². The summed E-state index contributed by atoms with van der Waals surface area (Å²) < 4.78 is 0. The predicted molar refractivity (Wildman–Crippen MR) is 63.5 cm³/mol. The molecule has 0 bridgehead atoms. The van der Waals surface area contributed by atoms with Crippen LogP contribution in [0.15, 0.2) is 18.2 Å². The molecule has 1 unspecified atom stereocenters. The largest absolute Gasteiger partial charge is 0.393 e. The van der Waals surface area contributed by atoms with Crippen LogP contribution in [0.3, 0.4) is 0 Å². The van der Waals surface area contributed by atoms with Crippen molar-refractivity contribution in [3.63, 3.8) is 0 Å². The van der Waals surface area contributed by atoms with E-state index in [2.05, 4.69) is 6.07 Å². The Morgan fingerprint density at radius 1 is 1.25 bits per heavy atom. The highest BCUT2D eigenvalue weighted by Gasteiger charge is 2.25. The van der Waals surface area contributed by atoms with Crippen LogP contribution in [-0.2, 0) is 4.79 Å². The normalized spacial score (nSPS) is 21.3. The van der Waals surface area contributed by atoms with Crippen molar-refractivity contribution in [3.8, 4) is 0 Å². The third-order valence-corrected chi connectivity index (χ3v) is 2.92. The second-order valence-corrected chi connectivity index (χ2v) is 4.54. The fourth-order valence-electron chi connectivity index (χ4n) is 2.20. The molecule has 1 amide bonds. The maximum Gasteiger partial charge on any atom is 0.229 e. The van der Waals surface area contributed by atoms with E-state index in [-0.39, 0.29) is 12.3 Å². The first-order chi connectivity index (χ1) is 7.56. The van der Waals surface area contributed by atoms with Crippen molar-refractivity contribution >= 4 is 11.6 Å². The van der Waals surface area contributed by atoms with Crippen LogP contribution in [0.4, 0.5) is 5.69 Å². The van der Waals surface area contributed by atoms with Crippen molar-refractivity contribution in [1.29, 1.82) is 0 Å². The number of nitrogens with zero attached hydrogens (tertiary/aromatic N) is 1. The van der Waals surface area contributed by atoms with E-state index in [1.54, 1.807) is 4.90 Å². The molecule has 86 valence electrons. The van der Waals surface area contributed by atoms with Crippen molar-refractivity contribution in [2.24, 2.45) is 0 Å². The fourth-order valence-corrected chi connectivity index (χ4v) is 2.20. The number of anilines is 1. The molecule has 1 atom stereocenters. The first-order valence-corrected chi connectivity index (χ1v) is 5.63. The van der Waals surface area contributed by atoms with Crippen LogP contribution in [0, 0.1) is 13.8 Å². The second kappa shape index (κ2) is 4.26. The first kappa shape index (κ1) is 11.1. The van der Waals surface area contributed by atoms with Crippen molar-refractivity contribution in [2.75, 3.05) is 11.4 Å². The Morgan fingerprint density at radius 2 is 1.88 bits per heavy atom. The number of hydrogen-bond acceptors (Lipinski definition) is 2. The molecule has 1 fully saturated rings. The van der Waals surface area contributed by atoms with Crippen LogP contribution in [0.25, 0.3) is 0 Å². The SMILES string of the molecule is Cc1cc(C)cc(N2CCC(O)CC2=O)c1. The minimum atomic E-state index is -0.463. The van der Waals surface area contributed by atoms with Gasteiger partial charge in [0.05, 0.1) is 12.5 Å². The Bertz CT molecular complexity index is 394. The number of aliphatic hydroxyl groups excluding tert-OH is 1. The Morgan fingerprint density at radius 3 is 2.44 bits per heavy atom. The van der Waals surface area contributed by atoms with Crippen LogP contribution in [-0.4, -0.2) is 23.7 Å². The van der Waals surface area contributed by atoms with Crippen LogP contribution in [0.5, 0.6) is 0 Å². The summed E-state index contributed by atoms with van der Waals surface area (Å²) in [5, 5.41) is 9.41. The molecule has 16 heavy (non-hydrogen) atoms. The zero-order valence-electron chi connectivity index (χ0n) is 9.73. The fraction of sp³-hybridized carbons (Fsp3) is 0.462. The highest BCUT2D eigenvalue weighted by molar-refractivity contribution is 5.94. The van der Waals surface area contributed by atoms with E-state index < -0.39 is 6.10 Å². The van der Waals surface area contributed by atoms with Gasteiger partial charge >= 0.3 is 0 Å². The van der Waals surface area contributed by atoms with Crippen molar-refractivity contribution in [2.45, 2.75) is 32.8 Å². The molecular weight excluding hydrogens is 202 g/mol. The van der Waals surface area contributed by atoms with E-state index in [4.69, 9.17) is 0 Å². The lowest BCUT2D eigenvalue weighted by molar-refractivity contribution is -0.122. The molecule has 1 heterocycles. The number of benzene rings is 1. The zero-order chi connectivity index (χ0) is 11.7. The topological polar surface area (TPSA) is 40.5 Å². The highest BCUT2D eigenvalue weighted by atomic mass is 16.3. The van der Waals surface area contributed by atoms with Gasteiger partial charge in [-0.3, -0.25) is 4.79 Å². The standard InChI is InChI=1S/C13H17NO2/c1-9-5-10(2)7-11(6-9)14-4-3-12(15)8-13(14)16/h5-7,12,15H,3-4,8H2,1-2H3. The molecule has 1 saturated heterocycles. The summed E-state index contributed by atoms with van der Waals surface area (Å²) in [6, 6.07) is 6.12. The lowest BCUT2D eigenvalue weighted by Gasteiger charge is -2.30. The zero-order valence-corrected chi connectivity index (χ0v) is 9.73. The number of hydrogen-bond donors (Lipinski definition) is 1. The average molecular weight is 219 g/mol.